The van der Waals surface area contributed by atoms with Gasteiger partial charge in [-0.15, -0.1) is 11.3 Å². The van der Waals surface area contributed by atoms with Crippen molar-refractivity contribution in [3.63, 3.8) is 0 Å². The van der Waals surface area contributed by atoms with Crippen LogP contribution in [0.4, 0.5) is 10.1 Å². The topological polar surface area (TPSA) is 62.7 Å². The third-order valence-electron chi connectivity index (χ3n) is 5.99. The lowest BCUT2D eigenvalue weighted by Crippen LogP contribution is -2.53. The number of hydrogen-bond donors (Lipinski definition) is 0. The molecule has 0 bridgehead atoms. The van der Waals surface area contributed by atoms with Crippen LogP contribution in [0.1, 0.15) is 25.0 Å². The van der Waals surface area contributed by atoms with E-state index in [9.17, 15) is 14.0 Å². The number of para-hydroxylation sites is 2. The molecule has 0 aliphatic carbocycles. The Hall–Kier alpha value is -3.26. The summed E-state index contributed by atoms with van der Waals surface area (Å²) in [6.07, 6.45) is 2.52. The Labute approximate surface area is 195 Å². The number of fused-ring (bicyclic) bond motifs is 1. The molecule has 6 nitrogen and oxygen atoms in total. The van der Waals surface area contributed by atoms with E-state index in [1.165, 1.54) is 23.5 Å². The van der Waals surface area contributed by atoms with Crippen LogP contribution in [0.15, 0.2) is 53.9 Å². The van der Waals surface area contributed by atoms with Gasteiger partial charge in [0, 0.05) is 24.0 Å². The van der Waals surface area contributed by atoms with E-state index in [4.69, 9.17) is 4.74 Å². The van der Waals surface area contributed by atoms with Crippen LogP contribution in [-0.4, -0.2) is 47.4 Å². The highest BCUT2D eigenvalue weighted by molar-refractivity contribution is 7.13. The second-order valence-corrected chi connectivity index (χ2v) is 9.15. The van der Waals surface area contributed by atoms with Crippen LogP contribution in [-0.2, 0) is 16.0 Å². The van der Waals surface area contributed by atoms with Gasteiger partial charge in [0.2, 0.25) is 5.91 Å². The standard InChI is InChI=1S/C25H24FN3O3S/c26-18-10-8-17(9-11-18)24-27-19(16-33-24)14-23(30)29-15-22(25(31)28-12-4-1-5-13-28)32-21-7-3-2-6-20(21)29/h2-3,6-11,16,22H,1,4-5,12-15H2/t22-/m0/s1. The molecule has 1 aromatic heterocycles. The number of aromatic nitrogens is 1. The molecule has 3 aromatic rings. The molecule has 2 aromatic carbocycles. The van der Waals surface area contributed by atoms with E-state index in [0.717, 1.165) is 42.9 Å². The van der Waals surface area contributed by atoms with Crippen LogP contribution in [0, 0.1) is 5.82 Å². The van der Waals surface area contributed by atoms with Crippen LogP contribution in [0.2, 0.25) is 0 Å². The first-order valence-corrected chi connectivity index (χ1v) is 12.0. The lowest BCUT2D eigenvalue weighted by atomic mass is 10.1. The lowest BCUT2D eigenvalue weighted by molar-refractivity contribution is -0.139. The number of piperidine rings is 1. The first-order chi connectivity index (χ1) is 16.1. The average Bonchev–Trinajstić information content (AvgIpc) is 3.32. The van der Waals surface area contributed by atoms with Crippen molar-refractivity contribution in [2.45, 2.75) is 31.8 Å². The fourth-order valence-electron chi connectivity index (χ4n) is 4.28. The molecule has 8 heteroatoms. The number of ether oxygens (including phenoxy) is 1. The fourth-order valence-corrected chi connectivity index (χ4v) is 5.11. The third-order valence-corrected chi connectivity index (χ3v) is 6.93. The number of hydrogen-bond acceptors (Lipinski definition) is 5. The second kappa shape index (κ2) is 9.31. The molecule has 5 rings (SSSR count). The number of halogens is 1. The number of likely N-dealkylation sites (tertiary alicyclic amines) is 1. The van der Waals surface area contributed by atoms with Crippen molar-refractivity contribution >= 4 is 28.8 Å². The first kappa shape index (κ1) is 21.6. The van der Waals surface area contributed by atoms with Gasteiger partial charge in [0.05, 0.1) is 24.3 Å². The molecule has 33 heavy (non-hydrogen) atoms. The minimum atomic E-state index is -0.716. The predicted octanol–water partition coefficient (Wildman–Crippen LogP) is 4.30. The number of carbonyl (C=O) groups is 2. The van der Waals surface area contributed by atoms with E-state index < -0.39 is 6.10 Å². The van der Waals surface area contributed by atoms with E-state index in [1.807, 2.05) is 28.5 Å². The molecule has 2 amide bonds. The number of rotatable bonds is 4. The molecule has 2 aliphatic rings. The molecule has 0 radical (unpaired) electrons. The molecular formula is C25H24FN3O3S. The van der Waals surface area contributed by atoms with Crippen LogP contribution in [0.3, 0.4) is 0 Å². The predicted molar refractivity (Wildman–Crippen MR) is 125 cm³/mol. The highest BCUT2D eigenvalue weighted by Crippen LogP contribution is 2.34. The summed E-state index contributed by atoms with van der Waals surface area (Å²) >= 11 is 1.42. The molecule has 1 atom stereocenters. The number of nitrogens with zero attached hydrogens (tertiary/aromatic N) is 3. The van der Waals surface area contributed by atoms with Gasteiger partial charge in [-0.2, -0.15) is 0 Å². The lowest BCUT2D eigenvalue weighted by Gasteiger charge is -2.37. The summed E-state index contributed by atoms with van der Waals surface area (Å²) in [6.45, 7) is 1.65. The van der Waals surface area contributed by atoms with Gasteiger partial charge >= 0.3 is 0 Å². The van der Waals surface area contributed by atoms with Crippen molar-refractivity contribution in [3.05, 3.63) is 65.4 Å². The number of amides is 2. The molecule has 0 saturated carbocycles. The molecule has 170 valence electrons. The number of carbonyl (C=O) groups excluding carboxylic acids is 2. The highest BCUT2D eigenvalue weighted by Gasteiger charge is 2.36. The number of benzene rings is 2. The molecule has 0 unspecified atom stereocenters. The monoisotopic (exact) mass is 465 g/mol. The minimum Gasteiger partial charge on any atom is -0.476 e. The van der Waals surface area contributed by atoms with Crippen LogP contribution >= 0.6 is 11.3 Å². The van der Waals surface area contributed by atoms with Gasteiger partial charge in [0.25, 0.3) is 5.91 Å². The molecule has 0 spiro atoms. The Kier molecular flexibility index (Phi) is 6.09. The van der Waals surface area contributed by atoms with Crippen molar-refractivity contribution < 1.29 is 18.7 Å². The second-order valence-electron chi connectivity index (χ2n) is 8.29. The fraction of sp³-hybridized carbons (Fsp3) is 0.320. The maximum absolute atomic E-state index is 13.3. The first-order valence-electron chi connectivity index (χ1n) is 11.1. The summed E-state index contributed by atoms with van der Waals surface area (Å²) < 4.78 is 19.2. The summed E-state index contributed by atoms with van der Waals surface area (Å²) in [4.78, 5) is 34.5. The maximum Gasteiger partial charge on any atom is 0.265 e. The molecular weight excluding hydrogens is 441 g/mol. The molecule has 3 heterocycles. The van der Waals surface area contributed by atoms with Crippen LogP contribution in [0.5, 0.6) is 5.75 Å². The number of anilines is 1. The van der Waals surface area contributed by atoms with Crippen molar-refractivity contribution in [1.29, 1.82) is 0 Å². The molecule has 0 N–H and O–H groups in total. The summed E-state index contributed by atoms with van der Waals surface area (Å²) in [5, 5.41) is 2.58. The molecule has 2 aliphatic heterocycles. The largest absolute Gasteiger partial charge is 0.476 e. The van der Waals surface area contributed by atoms with E-state index in [1.54, 1.807) is 23.1 Å². The minimum absolute atomic E-state index is 0.0609. The van der Waals surface area contributed by atoms with Gasteiger partial charge < -0.3 is 14.5 Å². The number of thiazole rings is 1. The highest BCUT2D eigenvalue weighted by atomic mass is 32.1. The van der Waals surface area contributed by atoms with Crippen molar-refractivity contribution in [2.75, 3.05) is 24.5 Å². The van der Waals surface area contributed by atoms with E-state index in [2.05, 4.69) is 4.98 Å². The Bertz CT molecular complexity index is 1160. The summed E-state index contributed by atoms with van der Waals surface area (Å²) in [5.41, 5.74) is 2.12. The van der Waals surface area contributed by atoms with Crippen LogP contribution < -0.4 is 9.64 Å². The zero-order valence-electron chi connectivity index (χ0n) is 18.1. The Morgan fingerprint density at radius 2 is 1.82 bits per heavy atom. The van der Waals surface area contributed by atoms with E-state index in [-0.39, 0.29) is 30.6 Å². The Balaban J connectivity index is 1.34. The summed E-state index contributed by atoms with van der Waals surface area (Å²) in [7, 11) is 0. The van der Waals surface area contributed by atoms with Crippen molar-refractivity contribution in [3.8, 4) is 16.3 Å². The smallest absolute Gasteiger partial charge is 0.265 e. The normalized spacial score (nSPS) is 17.9. The van der Waals surface area contributed by atoms with Gasteiger partial charge in [0.1, 0.15) is 16.6 Å². The van der Waals surface area contributed by atoms with Gasteiger partial charge in [-0.05, 0) is 55.7 Å². The Morgan fingerprint density at radius 1 is 1.06 bits per heavy atom. The summed E-state index contributed by atoms with van der Waals surface area (Å²) in [5.74, 6) is 0.0375. The quantitative estimate of drug-likeness (QED) is 0.577. The van der Waals surface area contributed by atoms with Crippen LogP contribution in [0.25, 0.3) is 10.6 Å². The van der Waals surface area contributed by atoms with Crippen molar-refractivity contribution in [2.24, 2.45) is 0 Å². The maximum atomic E-state index is 13.3. The van der Waals surface area contributed by atoms with Gasteiger partial charge in [0.15, 0.2) is 6.10 Å². The molecule has 1 saturated heterocycles. The average molecular weight is 466 g/mol. The Morgan fingerprint density at radius 3 is 2.61 bits per heavy atom. The van der Waals surface area contributed by atoms with Gasteiger partial charge in [-0.1, -0.05) is 12.1 Å². The SMILES string of the molecule is O=C([C@@H]1CN(C(=O)Cc2csc(-c3ccc(F)cc3)n2)c2ccccc2O1)N1CCCCC1. The zero-order chi connectivity index (χ0) is 22.8. The van der Waals surface area contributed by atoms with Crippen molar-refractivity contribution in [1.82, 2.24) is 9.88 Å². The summed E-state index contributed by atoms with van der Waals surface area (Å²) in [6, 6.07) is 13.5. The van der Waals surface area contributed by atoms with E-state index >= 15 is 0 Å². The third kappa shape index (κ3) is 4.61. The van der Waals surface area contributed by atoms with E-state index in [0.29, 0.717) is 17.1 Å². The zero-order valence-corrected chi connectivity index (χ0v) is 18.9. The van der Waals surface area contributed by atoms with Gasteiger partial charge in [-0.25, -0.2) is 9.37 Å². The molecule has 1 fully saturated rings. The van der Waals surface area contributed by atoms with Gasteiger partial charge in [-0.3, -0.25) is 9.59 Å².